The molecule has 20 heavy (non-hydrogen) atoms. The number of para-hydroxylation sites is 1. The fourth-order valence-corrected chi connectivity index (χ4v) is 2.94. The summed E-state index contributed by atoms with van der Waals surface area (Å²) in [7, 11) is -3.77. The summed E-state index contributed by atoms with van der Waals surface area (Å²) in [5.74, 6) is 0.215. The van der Waals surface area contributed by atoms with Gasteiger partial charge in [-0.1, -0.05) is 31.5 Å². The van der Waals surface area contributed by atoms with Crippen molar-refractivity contribution in [3.63, 3.8) is 0 Å². The molecule has 1 aromatic carbocycles. The summed E-state index contributed by atoms with van der Waals surface area (Å²) >= 11 is 0. The normalized spacial score (nSPS) is 11.5. The van der Waals surface area contributed by atoms with Crippen molar-refractivity contribution in [3.8, 4) is 0 Å². The fourth-order valence-electron chi connectivity index (χ4n) is 1.89. The van der Waals surface area contributed by atoms with Crippen molar-refractivity contribution in [2.45, 2.75) is 31.5 Å². The molecule has 0 fully saturated rings. The first kappa shape index (κ1) is 14.6. The van der Waals surface area contributed by atoms with Crippen molar-refractivity contribution >= 4 is 15.7 Å². The van der Waals surface area contributed by atoms with Gasteiger partial charge in [0.05, 0.1) is 5.69 Å². The lowest BCUT2D eigenvalue weighted by Gasteiger charge is -2.10. The zero-order valence-corrected chi connectivity index (χ0v) is 12.0. The first-order valence-corrected chi connectivity index (χ1v) is 7.85. The van der Waals surface area contributed by atoms with E-state index in [1.54, 1.807) is 12.1 Å². The van der Waals surface area contributed by atoms with E-state index in [1.807, 2.05) is 19.1 Å². The first-order chi connectivity index (χ1) is 9.56. The molecule has 2 N–H and O–H groups in total. The third-order valence-corrected chi connectivity index (χ3v) is 4.08. The van der Waals surface area contributed by atoms with Crippen LogP contribution in [0, 0.1) is 0 Å². The molecule has 0 saturated carbocycles. The number of furan rings is 1. The van der Waals surface area contributed by atoms with Gasteiger partial charge in [-0.2, -0.15) is 8.42 Å². The Morgan fingerprint density at radius 1 is 1.20 bits per heavy atom. The number of anilines is 1. The number of hydrogen-bond acceptors (Lipinski definition) is 4. The Kier molecular flexibility index (Phi) is 4.46. The Morgan fingerprint density at radius 2 is 1.95 bits per heavy atom. The molecule has 2 rings (SSSR count). The highest BCUT2D eigenvalue weighted by atomic mass is 32.2. The van der Waals surface area contributed by atoms with Crippen LogP contribution in [0.1, 0.15) is 24.7 Å². The van der Waals surface area contributed by atoms with Gasteiger partial charge in [0.1, 0.15) is 12.4 Å². The van der Waals surface area contributed by atoms with E-state index in [-0.39, 0.29) is 17.5 Å². The van der Waals surface area contributed by atoms with Gasteiger partial charge in [0, 0.05) is 0 Å². The summed E-state index contributed by atoms with van der Waals surface area (Å²) in [6.07, 6.45) is 1.72. The minimum absolute atomic E-state index is 0.201. The molecule has 0 aliphatic rings. The molecule has 0 bridgehead atoms. The van der Waals surface area contributed by atoms with E-state index in [4.69, 9.17) is 9.52 Å². The number of rotatable bonds is 6. The van der Waals surface area contributed by atoms with Crippen LogP contribution in [0.5, 0.6) is 0 Å². The zero-order chi connectivity index (χ0) is 14.6. The number of aryl methyl sites for hydroxylation is 1. The van der Waals surface area contributed by atoms with E-state index in [1.165, 1.54) is 12.1 Å². The van der Waals surface area contributed by atoms with Gasteiger partial charge in [-0.3, -0.25) is 4.72 Å². The molecular weight excluding hydrogens is 278 g/mol. The minimum Gasteiger partial charge on any atom is -0.445 e. The molecule has 0 aliphatic heterocycles. The zero-order valence-electron chi connectivity index (χ0n) is 11.2. The average Bonchev–Trinajstić information content (AvgIpc) is 2.91. The van der Waals surface area contributed by atoms with Crippen LogP contribution >= 0.6 is 0 Å². The van der Waals surface area contributed by atoms with Crippen LogP contribution in [-0.4, -0.2) is 13.5 Å². The highest BCUT2D eigenvalue weighted by Crippen LogP contribution is 2.22. The predicted molar refractivity (Wildman–Crippen MR) is 75.9 cm³/mol. The Balaban J connectivity index is 2.28. The summed E-state index contributed by atoms with van der Waals surface area (Å²) in [6.45, 7) is 1.70. The van der Waals surface area contributed by atoms with Crippen LogP contribution in [0.25, 0.3) is 0 Å². The van der Waals surface area contributed by atoms with Crippen molar-refractivity contribution in [2.24, 2.45) is 0 Å². The lowest BCUT2D eigenvalue weighted by molar-refractivity contribution is 0.236. The quantitative estimate of drug-likeness (QED) is 0.858. The van der Waals surface area contributed by atoms with Gasteiger partial charge in [0.2, 0.25) is 5.09 Å². The Labute approximate surface area is 118 Å². The number of nitrogens with one attached hydrogen (secondary N) is 1. The van der Waals surface area contributed by atoms with Crippen LogP contribution in [0.2, 0.25) is 0 Å². The second kappa shape index (κ2) is 6.11. The third-order valence-electron chi connectivity index (χ3n) is 2.84. The fraction of sp³-hybridized carbons (Fsp3) is 0.286. The third kappa shape index (κ3) is 3.20. The van der Waals surface area contributed by atoms with Crippen molar-refractivity contribution in [2.75, 3.05) is 4.72 Å². The van der Waals surface area contributed by atoms with E-state index in [9.17, 15) is 8.42 Å². The van der Waals surface area contributed by atoms with Gasteiger partial charge in [-0.15, -0.1) is 0 Å². The molecule has 0 atom stereocenters. The molecule has 5 nitrogen and oxygen atoms in total. The predicted octanol–water partition coefficient (Wildman–Crippen LogP) is 2.53. The summed E-state index contributed by atoms with van der Waals surface area (Å²) in [5, 5.41) is 8.71. The van der Waals surface area contributed by atoms with Gasteiger partial charge in [-0.05, 0) is 30.2 Å². The summed E-state index contributed by atoms with van der Waals surface area (Å²) in [6, 6.07) is 10.0. The van der Waals surface area contributed by atoms with E-state index < -0.39 is 10.0 Å². The minimum atomic E-state index is -3.77. The molecule has 0 radical (unpaired) electrons. The van der Waals surface area contributed by atoms with Crippen LogP contribution in [0.4, 0.5) is 5.69 Å². The maximum absolute atomic E-state index is 12.2. The molecule has 0 spiro atoms. The summed E-state index contributed by atoms with van der Waals surface area (Å²) < 4.78 is 32.0. The van der Waals surface area contributed by atoms with Gasteiger partial charge in [0.25, 0.3) is 10.0 Å². The molecule has 0 aliphatic carbocycles. The summed E-state index contributed by atoms with van der Waals surface area (Å²) in [4.78, 5) is 0. The summed E-state index contributed by atoms with van der Waals surface area (Å²) in [5.41, 5.74) is 1.49. The van der Waals surface area contributed by atoms with E-state index >= 15 is 0 Å². The monoisotopic (exact) mass is 295 g/mol. The molecule has 1 aromatic heterocycles. The molecule has 1 heterocycles. The van der Waals surface area contributed by atoms with Crippen molar-refractivity contribution in [3.05, 3.63) is 47.7 Å². The second-order valence-corrected chi connectivity index (χ2v) is 6.00. The maximum atomic E-state index is 12.2. The van der Waals surface area contributed by atoms with Crippen LogP contribution in [0.15, 0.2) is 45.9 Å². The molecule has 0 saturated heterocycles. The van der Waals surface area contributed by atoms with Crippen molar-refractivity contribution < 1.29 is 17.9 Å². The molecule has 0 unspecified atom stereocenters. The van der Waals surface area contributed by atoms with E-state index in [0.29, 0.717) is 5.69 Å². The number of sulfonamides is 1. The van der Waals surface area contributed by atoms with Crippen LogP contribution < -0.4 is 4.72 Å². The number of aliphatic hydroxyl groups is 1. The number of aliphatic hydroxyl groups excluding tert-OH is 1. The van der Waals surface area contributed by atoms with Gasteiger partial charge in [0.15, 0.2) is 0 Å². The van der Waals surface area contributed by atoms with E-state index in [0.717, 1.165) is 18.4 Å². The Hall–Kier alpha value is -1.79. The van der Waals surface area contributed by atoms with Crippen LogP contribution in [-0.2, 0) is 23.1 Å². The molecule has 6 heteroatoms. The van der Waals surface area contributed by atoms with Gasteiger partial charge in [-0.25, -0.2) is 0 Å². The molecule has 0 amide bonds. The Morgan fingerprint density at radius 3 is 2.60 bits per heavy atom. The van der Waals surface area contributed by atoms with Gasteiger partial charge >= 0.3 is 0 Å². The lowest BCUT2D eigenvalue weighted by Crippen LogP contribution is -2.13. The van der Waals surface area contributed by atoms with Gasteiger partial charge < -0.3 is 9.52 Å². The SMILES string of the molecule is CCCc1ccccc1NS(=O)(=O)c1ccc(CO)o1. The average molecular weight is 295 g/mol. The van der Waals surface area contributed by atoms with Crippen molar-refractivity contribution in [1.82, 2.24) is 0 Å². The number of benzene rings is 1. The first-order valence-electron chi connectivity index (χ1n) is 6.37. The van der Waals surface area contributed by atoms with E-state index in [2.05, 4.69) is 4.72 Å². The van der Waals surface area contributed by atoms with Crippen LogP contribution in [0.3, 0.4) is 0 Å². The number of hydrogen-bond donors (Lipinski definition) is 2. The smallest absolute Gasteiger partial charge is 0.295 e. The lowest BCUT2D eigenvalue weighted by atomic mass is 10.1. The van der Waals surface area contributed by atoms with Crippen molar-refractivity contribution in [1.29, 1.82) is 0 Å². The molecule has 2 aromatic rings. The highest BCUT2D eigenvalue weighted by molar-refractivity contribution is 7.92. The standard InChI is InChI=1S/C14H17NO4S/c1-2-5-11-6-3-4-7-13(11)15-20(17,18)14-9-8-12(10-16)19-14/h3-4,6-9,15-16H,2,5,10H2,1H3. The second-order valence-electron chi connectivity index (χ2n) is 4.39. The Bertz CT molecular complexity index is 676. The maximum Gasteiger partial charge on any atom is 0.295 e. The molecule has 108 valence electrons. The highest BCUT2D eigenvalue weighted by Gasteiger charge is 2.19. The largest absolute Gasteiger partial charge is 0.445 e. The topological polar surface area (TPSA) is 79.5 Å². The molecular formula is C14H17NO4S.